The average Bonchev–Trinajstić information content (AvgIpc) is 2.64. The van der Waals surface area contributed by atoms with E-state index in [-0.39, 0.29) is 11.2 Å². The monoisotopic (exact) mass is 296 g/mol. The third-order valence-electron chi connectivity index (χ3n) is 2.79. The van der Waals surface area contributed by atoms with Crippen molar-refractivity contribution in [1.29, 1.82) is 0 Å². The molecule has 2 nitrogen and oxygen atoms in total. The van der Waals surface area contributed by atoms with E-state index in [0.29, 0.717) is 13.0 Å². The van der Waals surface area contributed by atoms with Gasteiger partial charge in [-0.2, -0.15) is 0 Å². The number of Topliss-reactive ketones (excluding diaryl/α,β-unsaturated/α-hetero) is 1. The van der Waals surface area contributed by atoms with Crippen molar-refractivity contribution in [2.45, 2.75) is 33.6 Å². The smallest absolute Gasteiger partial charge is 0.167 e. The minimum Gasteiger partial charge on any atom is -0.492 e. The van der Waals surface area contributed by atoms with Gasteiger partial charge in [-0.3, -0.25) is 4.79 Å². The fourth-order valence-corrected chi connectivity index (χ4v) is 2.56. The van der Waals surface area contributed by atoms with Crippen LogP contribution in [0.5, 0.6) is 5.75 Å². The predicted molar refractivity (Wildman–Crippen MR) is 71.7 cm³/mol. The Hall–Kier alpha value is -0.830. The van der Waals surface area contributed by atoms with Crippen LogP contribution in [-0.4, -0.2) is 12.4 Å². The van der Waals surface area contributed by atoms with Crippen LogP contribution >= 0.6 is 15.9 Å². The molecule has 1 aromatic carbocycles. The molecule has 2 rings (SSSR count). The van der Waals surface area contributed by atoms with Crippen LogP contribution in [0, 0.1) is 5.41 Å². The minimum atomic E-state index is 0.00957. The van der Waals surface area contributed by atoms with Gasteiger partial charge in [-0.1, -0.05) is 36.7 Å². The SMILES string of the molecule is CC(C)(C)CC(=O)c1ccc(Br)c2c1OCC2. The molecular weight excluding hydrogens is 280 g/mol. The molecule has 0 unspecified atom stereocenters. The van der Waals surface area contributed by atoms with Crippen molar-refractivity contribution in [3.63, 3.8) is 0 Å². The van der Waals surface area contributed by atoms with E-state index in [1.54, 1.807) is 0 Å². The van der Waals surface area contributed by atoms with Crippen LogP contribution in [-0.2, 0) is 6.42 Å². The molecule has 0 fully saturated rings. The second-order valence-corrected chi connectivity index (χ2v) is 6.52. The topological polar surface area (TPSA) is 26.3 Å². The number of carbonyl (C=O) groups is 1. The standard InChI is InChI=1S/C14H17BrO2/c1-14(2,3)8-12(16)10-4-5-11(15)9-6-7-17-13(9)10/h4-5H,6-8H2,1-3H3. The Bertz CT molecular complexity index is 458. The number of benzene rings is 1. The summed E-state index contributed by atoms with van der Waals surface area (Å²) in [7, 11) is 0. The van der Waals surface area contributed by atoms with Crippen LogP contribution in [0.25, 0.3) is 0 Å². The second kappa shape index (κ2) is 4.45. The molecule has 0 aromatic heterocycles. The van der Waals surface area contributed by atoms with Crippen molar-refractivity contribution in [1.82, 2.24) is 0 Å². The molecule has 92 valence electrons. The molecule has 1 aliphatic heterocycles. The van der Waals surface area contributed by atoms with Gasteiger partial charge in [0.15, 0.2) is 5.78 Å². The van der Waals surface area contributed by atoms with E-state index in [4.69, 9.17) is 4.74 Å². The summed E-state index contributed by atoms with van der Waals surface area (Å²) in [6.07, 6.45) is 1.43. The normalized spacial score (nSPS) is 14.4. The van der Waals surface area contributed by atoms with Crippen molar-refractivity contribution >= 4 is 21.7 Å². The summed E-state index contributed by atoms with van der Waals surface area (Å²) in [4.78, 5) is 12.2. The Morgan fingerprint density at radius 2 is 2.12 bits per heavy atom. The molecule has 1 aliphatic rings. The third-order valence-corrected chi connectivity index (χ3v) is 3.54. The van der Waals surface area contributed by atoms with Gasteiger partial charge < -0.3 is 4.74 Å². The third kappa shape index (κ3) is 2.71. The quantitative estimate of drug-likeness (QED) is 0.771. The van der Waals surface area contributed by atoms with Gasteiger partial charge in [0.05, 0.1) is 12.2 Å². The number of ether oxygens (including phenoxy) is 1. The predicted octanol–water partition coefficient (Wildman–Crippen LogP) is 4.00. The molecule has 17 heavy (non-hydrogen) atoms. The molecule has 0 amide bonds. The van der Waals surface area contributed by atoms with Crippen LogP contribution < -0.4 is 4.74 Å². The number of fused-ring (bicyclic) bond motifs is 1. The highest BCUT2D eigenvalue weighted by molar-refractivity contribution is 9.10. The van der Waals surface area contributed by atoms with Gasteiger partial charge in [0, 0.05) is 22.9 Å². The zero-order valence-electron chi connectivity index (χ0n) is 10.5. The van der Waals surface area contributed by atoms with Crippen molar-refractivity contribution in [2.75, 3.05) is 6.61 Å². The molecule has 0 bridgehead atoms. The lowest BCUT2D eigenvalue weighted by Gasteiger charge is -2.17. The molecule has 0 N–H and O–H groups in total. The van der Waals surface area contributed by atoms with Crippen LogP contribution in [0.15, 0.2) is 16.6 Å². The summed E-state index contributed by atoms with van der Waals surface area (Å²) in [5.41, 5.74) is 1.87. The van der Waals surface area contributed by atoms with Crippen molar-refractivity contribution in [3.05, 3.63) is 27.7 Å². The number of hydrogen-bond acceptors (Lipinski definition) is 2. The van der Waals surface area contributed by atoms with E-state index in [9.17, 15) is 4.79 Å². The first-order chi connectivity index (χ1) is 7.88. The second-order valence-electron chi connectivity index (χ2n) is 5.66. The summed E-state index contributed by atoms with van der Waals surface area (Å²) < 4.78 is 6.63. The largest absolute Gasteiger partial charge is 0.492 e. The summed E-state index contributed by atoms with van der Waals surface area (Å²) in [5.74, 6) is 0.955. The summed E-state index contributed by atoms with van der Waals surface area (Å²) in [6.45, 7) is 6.90. The minimum absolute atomic E-state index is 0.00957. The van der Waals surface area contributed by atoms with Crippen LogP contribution in [0.1, 0.15) is 43.1 Å². The number of ketones is 1. The van der Waals surface area contributed by atoms with Gasteiger partial charge in [0.25, 0.3) is 0 Å². The molecule has 3 heteroatoms. The Labute approximate surface area is 110 Å². The molecule has 0 saturated carbocycles. The molecule has 0 atom stereocenters. The first-order valence-corrected chi connectivity index (χ1v) is 6.65. The van der Waals surface area contributed by atoms with E-state index in [2.05, 4.69) is 36.7 Å². The van der Waals surface area contributed by atoms with Gasteiger partial charge in [-0.15, -0.1) is 0 Å². The average molecular weight is 297 g/mol. The summed E-state index contributed by atoms with van der Waals surface area (Å²) in [6, 6.07) is 3.81. The first-order valence-electron chi connectivity index (χ1n) is 5.86. The lowest BCUT2D eigenvalue weighted by molar-refractivity contribution is 0.0937. The van der Waals surface area contributed by atoms with E-state index in [1.807, 2.05) is 12.1 Å². The zero-order valence-corrected chi connectivity index (χ0v) is 12.1. The summed E-state index contributed by atoms with van der Waals surface area (Å²) in [5, 5.41) is 0. The highest BCUT2D eigenvalue weighted by atomic mass is 79.9. The van der Waals surface area contributed by atoms with E-state index in [1.165, 1.54) is 0 Å². The van der Waals surface area contributed by atoms with E-state index < -0.39 is 0 Å². The fourth-order valence-electron chi connectivity index (χ4n) is 2.05. The van der Waals surface area contributed by atoms with Crippen molar-refractivity contribution < 1.29 is 9.53 Å². The number of hydrogen-bond donors (Lipinski definition) is 0. The van der Waals surface area contributed by atoms with Gasteiger partial charge in [0.1, 0.15) is 5.75 Å². The lowest BCUT2D eigenvalue weighted by Crippen LogP contribution is -2.13. The maximum absolute atomic E-state index is 12.2. The van der Waals surface area contributed by atoms with Crippen LogP contribution in [0.3, 0.4) is 0 Å². The Kier molecular flexibility index (Phi) is 3.30. The molecule has 1 aromatic rings. The van der Waals surface area contributed by atoms with Gasteiger partial charge in [-0.05, 0) is 17.5 Å². The molecule has 0 spiro atoms. The Morgan fingerprint density at radius 1 is 1.41 bits per heavy atom. The van der Waals surface area contributed by atoms with Crippen LogP contribution in [0.4, 0.5) is 0 Å². The highest BCUT2D eigenvalue weighted by Crippen LogP contribution is 2.37. The molecule has 0 aliphatic carbocycles. The van der Waals surface area contributed by atoms with E-state index in [0.717, 1.165) is 27.8 Å². The van der Waals surface area contributed by atoms with Crippen LogP contribution in [0.2, 0.25) is 0 Å². The van der Waals surface area contributed by atoms with Gasteiger partial charge in [0.2, 0.25) is 0 Å². The number of rotatable bonds is 2. The Balaban J connectivity index is 2.34. The van der Waals surface area contributed by atoms with Gasteiger partial charge >= 0.3 is 0 Å². The molecule has 0 radical (unpaired) electrons. The highest BCUT2D eigenvalue weighted by Gasteiger charge is 2.25. The summed E-state index contributed by atoms with van der Waals surface area (Å²) >= 11 is 3.50. The number of halogens is 1. The zero-order chi connectivity index (χ0) is 12.6. The van der Waals surface area contributed by atoms with E-state index >= 15 is 0 Å². The lowest BCUT2D eigenvalue weighted by atomic mass is 9.87. The fraction of sp³-hybridized carbons (Fsp3) is 0.500. The molecule has 0 saturated heterocycles. The van der Waals surface area contributed by atoms with Crippen molar-refractivity contribution in [2.24, 2.45) is 5.41 Å². The number of carbonyl (C=O) groups excluding carboxylic acids is 1. The van der Waals surface area contributed by atoms with Gasteiger partial charge in [-0.25, -0.2) is 0 Å². The first kappa shape index (κ1) is 12.6. The Morgan fingerprint density at radius 3 is 2.76 bits per heavy atom. The molecule has 1 heterocycles. The molecular formula is C14H17BrO2. The maximum Gasteiger partial charge on any atom is 0.167 e. The van der Waals surface area contributed by atoms with Crippen molar-refractivity contribution in [3.8, 4) is 5.75 Å². The maximum atomic E-state index is 12.2.